The number of aromatic nitrogens is 4. The predicted octanol–water partition coefficient (Wildman–Crippen LogP) is 0.930. The smallest absolute Gasteiger partial charge is 0.254 e. The quantitative estimate of drug-likeness (QED) is 0.775. The lowest BCUT2D eigenvalue weighted by Gasteiger charge is -2.09. The number of hydrogen-bond acceptors (Lipinski definition) is 4. The Morgan fingerprint density at radius 3 is 3.29 bits per heavy atom. The van der Waals surface area contributed by atoms with Gasteiger partial charge in [-0.15, -0.1) is 0 Å². The Morgan fingerprint density at radius 2 is 2.52 bits per heavy atom. The number of ether oxygens (including phenoxy) is 1. The van der Waals surface area contributed by atoms with Crippen molar-refractivity contribution in [2.24, 2.45) is 0 Å². The lowest BCUT2D eigenvalue weighted by Crippen LogP contribution is -2.26. The first-order valence-corrected chi connectivity index (χ1v) is 7.21. The number of aryl methyl sites for hydroxylation is 1. The van der Waals surface area contributed by atoms with Crippen LogP contribution >= 0.6 is 0 Å². The summed E-state index contributed by atoms with van der Waals surface area (Å²) in [5.74, 6) is 0.170. The van der Waals surface area contributed by atoms with E-state index in [-0.39, 0.29) is 11.8 Å². The number of hydrogen-bond donors (Lipinski definition) is 2. The Hall–Kier alpha value is -2.15. The van der Waals surface area contributed by atoms with Crippen molar-refractivity contribution < 1.29 is 9.53 Å². The summed E-state index contributed by atoms with van der Waals surface area (Å²) in [6, 6.07) is 1.89. The van der Waals surface area contributed by atoms with Crippen molar-refractivity contribution in [3.8, 4) is 0 Å². The van der Waals surface area contributed by atoms with Crippen LogP contribution < -0.4 is 5.32 Å². The molecule has 2 N–H and O–H groups in total. The molecule has 0 radical (unpaired) electrons. The second-order valence-corrected chi connectivity index (χ2v) is 5.14. The van der Waals surface area contributed by atoms with Gasteiger partial charge >= 0.3 is 0 Å². The summed E-state index contributed by atoms with van der Waals surface area (Å²) in [6.45, 7) is 2.81. The number of carbonyl (C=O) groups excluding carboxylic acids is 1. The van der Waals surface area contributed by atoms with Crippen molar-refractivity contribution in [1.29, 1.82) is 0 Å². The Labute approximate surface area is 122 Å². The van der Waals surface area contributed by atoms with Crippen molar-refractivity contribution in [2.45, 2.75) is 25.3 Å². The van der Waals surface area contributed by atoms with Gasteiger partial charge in [-0.1, -0.05) is 0 Å². The number of aromatic amines is 1. The topological polar surface area (TPSA) is 84.8 Å². The largest absolute Gasteiger partial charge is 0.381 e. The lowest BCUT2D eigenvalue weighted by molar-refractivity contribution is 0.0951. The Balaban J connectivity index is 1.50. The molecule has 7 nitrogen and oxygen atoms in total. The summed E-state index contributed by atoms with van der Waals surface area (Å²) < 4.78 is 7.22. The third-order valence-electron chi connectivity index (χ3n) is 3.66. The summed E-state index contributed by atoms with van der Waals surface area (Å²) in [4.78, 5) is 12.2. The van der Waals surface area contributed by atoms with Crippen molar-refractivity contribution in [3.63, 3.8) is 0 Å². The first-order valence-electron chi connectivity index (χ1n) is 7.21. The Kier molecular flexibility index (Phi) is 4.30. The minimum absolute atomic E-state index is 0.0777. The zero-order valence-electron chi connectivity index (χ0n) is 11.8. The molecule has 3 heterocycles. The highest BCUT2D eigenvalue weighted by Crippen LogP contribution is 2.25. The molecule has 2 aromatic heterocycles. The molecule has 0 aliphatic carbocycles. The summed E-state index contributed by atoms with van der Waals surface area (Å²) >= 11 is 0. The van der Waals surface area contributed by atoms with Gasteiger partial charge in [0.15, 0.2) is 0 Å². The summed E-state index contributed by atoms with van der Waals surface area (Å²) in [6.07, 6.45) is 7.03. The number of carbonyl (C=O) groups is 1. The number of nitrogens with zero attached hydrogens (tertiary/aromatic N) is 3. The minimum Gasteiger partial charge on any atom is -0.381 e. The maximum Gasteiger partial charge on any atom is 0.254 e. The molecule has 0 aromatic carbocycles. The van der Waals surface area contributed by atoms with E-state index in [4.69, 9.17) is 4.74 Å². The van der Waals surface area contributed by atoms with E-state index in [0.717, 1.165) is 31.7 Å². The fraction of sp³-hybridized carbons (Fsp3) is 0.500. The first kappa shape index (κ1) is 13.8. The highest BCUT2D eigenvalue weighted by atomic mass is 16.5. The molecule has 112 valence electrons. The molecule has 1 saturated heterocycles. The molecule has 1 aliphatic rings. The van der Waals surface area contributed by atoms with E-state index in [1.807, 2.05) is 16.9 Å². The molecule has 1 fully saturated rings. The van der Waals surface area contributed by atoms with Gasteiger partial charge in [0.1, 0.15) is 0 Å². The number of nitrogens with one attached hydrogen (secondary N) is 2. The monoisotopic (exact) mass is 289 g/mol. The zero-order chi connectivity index (χ0) is 14.5. The molecule has 3 rings (SSSR count). The summed E-state index contributed by atoms with van der Waals surface area (Å²) in [5, 5.41) is 14.0. The van der Waals surface area contributed by atoms with E-state index in [0.29, 0.717) is 18.7 Å². The van der Waals surface area contributed by atoms with E-state index in [9.17, 15) is 4.79 Å². The SMILES string of the molecule is O=C(NCCCn1cccn1)c1cn[nH]c1[C@@H]1CCOC1. The van der Waals surface area contributed by atoms with Gasteiger partial charge in [0.05, 0.1) is 24.1 Å². The molecule has 0 bridgehead atoms. The van der Waals surface area contributed by atoms with Gasteiger partial charge in [-0.3, -0.25) is 14.6 Å². The number of rotatable bonds is 6. The molecule has 1 aliphatic heterocycles. The number of H-pyrrole nitrogens is 1. The Morgan fingerprint density at radius 1 is 1.57 bits per heavy atom. The van der Waals surface area contributed by atoms with E-state index in [2.05, 4.69) is 20.6 Å². The van der Waals surface area contributed by atoms with Crippen LogP contribution in [0.4, 0.5) is 0 Å². The van der Waals surface area contributed by atoms with Crippen LogP contribution in [0.25, 0.3) is 0 Å². The molecular formula is C14H19N5O2. The van der Waals surface area contributed by atoms with Crippen LogP contribution in [0.2, 0.25) is 0 Å². The van der Waals surface area contributed by atoms with Crippen molar-refractivity contribution in [1.82, 2.24) is 25.3 Å². The van der Waals surface area contributed by atoms with Crippen molar-refractivity contribution in [2.75, 3.05) is 19.8 Å². The highest BCUT2D eigenvalue weighted by Gasteiger charge is 2.24. The molecule has 1 atom stereocenters. The van der Waals surface area contributed by atoms with E-state index in [1.165, 1.54) is 0 Å². The van der Waals surface area contributed by atoms with Gasteiger partial charge in [0, 0.05) is 38.0 Å². The zero-order valence-corrected chi connectivity index (χ0v) is 11.8. The van der Waals surface area contributed by atoms with Gasteiger partial charge in [0.25, 0.3) is 5.91 Å². The molecule has 1 amide bonds. The minimum atomic E-state index is -0.0777. The van der Waals surface area contributed by atoms with Crippen LogP contribution in [0.1, 0.15) is 34.8 Å². The second kappa shape index (κ2) is 6.53. The molecule has 2 aromatic rings. The fourth-order valence-electron chi connectivity index (χ4n) is 2.52. The third kappa shape index (κ3) is 3.30. The van der Waals surface area contributed by atoms with E-state index >= 15 is 0 Å². The normalized spacial score (nSPS) is 18.0. The van der Waals surface area contributed by atoms with E-state index in [1.54, 1.807) is 12.4 Å². The van der Waals surface area contributed by atoms with Crippen LogP contribution in [-0.2, 0) is 11.3 Å². The molecule has 7 heteroatoms. The van der Waals surface area contributed by atoms with E-state index < -0.39 is 0 Å². The van der Waals surface area contributed by atoms with Gasteiger partial charge in [-0.05, 0) is 18.9 Å². The van der Waals surface area contributed by atoms with Crippen LogP contribution in [0.3, 0.4) is 0 Å². The van der Waals surface area contributed by atoms with Crippen LogP contribution in [-0.4, -0.2) is 45.6 Å². The maximum atomic E-state index is 12.2. The maximum absolute atomic E-state index is 12.2. The van der Waals surface area contributed by atoms with Crippen molar-refractivity contribution >= 4 is 5.91 Å². The predicted molar refractivity (Wildman–Crippen MR) is 75.9 cm³/mol. The fourth-order valence-corrected chi connectivity index (χ4v) is 2.52. The lowest BCUT2D eigenvalue weighted by atomic mass is 10.0. The molecule has 0 unspecified atom stereocenters. The average Bonchev–Trinajstić information content (AvgIpc) is 3.24. The van der Waals surface area contributed by atoms with Crippen LogP contribution in [0, 0.1) is 0 Å². The van der Waals surface area contributed by atoms with Gasteiger partial charge in [0.2, 0.25) is 0 Å². The highest BCUT2D eigenvalue weighted by molar-refractivity contribution is 5.95. The summed E-state index contributed by atoms with van der Waals surface area (Å²) in [5.41, 5.74) is 1.52. The van der Waals surface area contributed by atoms with Crippen LogP contribution in [0.5, 0.6) is 0 Å². The third-order valence-corrected chi connectivity index (χ3v) is 3.66. The standard InChI is InChI=1S/C14H19N5O2/c20-14(15-4-1-6-19-7-2-5-17-19)12-9-16-18-13(12)11-3-8-21-10-11/h2,5,7,9,11H,1,3-4,6,8,10H2,(H,15,20)(H,16,18)/t11-/m1/s1. The first-order chi connectivity index (χ1) is 10.3. The van der Waals surface area contributed by atoms with Gasteiger partial charge in [-0.2, -0.15) is 10.2 Å². The second-order valence-electron chi connectivity index (χ2n) is 5.14. The molecule has 0 spiro atoms. The van der Waals surface area contributed by atoms with Crippen LogP contribution in [0.15, 0.2) is 24.7 Å². The average molecular weight is 289 g/mol. The van der Waals surface area contributed by atoms with Gasteiger partial charge in [-0.25, -0.2) is 0 Å². The number of amides is 1. The molecular weight excluding hydrogens is 270 g/mol. The molecule has 21 heavy (non-hydrogen) atoms. The summed E-state index contributed by atoms with van der Waals surface area (Å²) in [7, 11) is 0. The molecule has 0 saturated carbocycles. The Bertz CT molecular complexity index is 572. The van der Waals surface area contributed by atoms with Crippen molar-refractivity contribution in [3.05, 3.63) is 35.9 Å². The van der Waals surface area contributed by atoms with Gasteiger partial charge < -0.3 is 10.1 Å².